The first-order valence-corrected chi connectivity index (χ1v) is 4.44. The molecule has 0 aromatic heterocycles. The summed E-state index contributed by atoms with van der Waals surface area (Å²) in [6.45, 7) is 2.00. The highest BCUT2D eigenvalue weighted by molar-refractivity contribution is 8.14. The van der Waals surface area contributed by atoms with Crippen LogP contribution < -0.4 is 4.72 Å². The van der Waals surface area contributed by atoms with Gasteiger partial charge in [-0.15, -0.1) is 0 Å². The molecule has 0 heterocycles. The van der Waals surface area contributed by atoms with Crippen LogP contribution in [0.3, 0.4) is 0 Å². The number of rotatable bonds is 3. The maximum atomic E-state index is 9.98. The number of carbonyl (C=O) groups excluding carboxylic acids is 1. The van der Waals surface area contributed by atoms with Crippen LogP contribution in [0.2, 0.25) is 0 Å². The van der Waals surface area contributed by atoms with E-state index in [1.165, 1.54) is 12.8 Å². The van der Waals surface area contributed by atoms with Gasteiger partial charge in [-0.3, -0.25) is 4.79 Å². The first-order chi connectivity index (χ1) is 4.38. The molecule has 0 radical (unpaired) electrons. The zero-order valence-corrected chi connectivity index (χ0v) is 6.28. The van der Waals surface area contributed by atoms with Gasteiger partial charge in [-0.1, -0.05) is 10.7 Å². The Kier molecular flexibility index (Phi) is 2.28. The van der Waals surface area contributed by atoms with Gasteiger partial charge in [-0.05, 0) is 25.1 Å². The van der Waals surface area contributed by atoms with Crippen LogP contribution in [-0.4, -0.2) is 17.0 Å². The lowest BCUT2D eigenvalue weighted by atomic mass is 11.0. The van der Waals surface area contributed by atoms with Gasteiger partial charge in [0.15, 0.2) is 0 Å². The van der Waals surface area contributed by atoms with E-state index in [1.807, 2.05) is 6.92 Å². The predicted molar refractivity (Wildman–Crippen MR) is 41.6 cm³/mol. The Morgan fingerprint density at radius 3 is 2.67 bits per heavy atom. The van der Waals surface area contributed by atoms with Crippen molar-refractivity contribution in [3.8, 4) is 0 Å². The number of hydrogen-bond donors (Lipinski definition) is 1. The molecule has 1 unspecified atom stereocenters. The lowest BCUT2D eigenvalue weighted by Crippen LogP contribution is -2.05. The summed E-state index contributed by atoms with van der Waals surface area (Å²) < 4.78 is 2.79. The van der Waals surface area contributed by atoms with Gasteiger partial charge in [0.1, 0.15) is 0 Å². The summed E-state index contributed by atoms with van der Waals surface area (Å²) in [6, 6.07) is 0. The second-order valence-electron chi connectivity index (χ2n) is 2.04. The maximum Gasteiger partial charge on any atom is 0.216 e. The van der Waals surface area contributed by atoms with E-state index in [2.05, 4.69) is 10.1 Å². The largest absolute Gasteiger partial charge is 0.309 e. The van der Waals surface area contributed by atoms with E-state index in [0.29, 0.717) is 0 Å². The summed E-state index contributed by atoms with van der Waals surface area (Å²) >= 11 is 0. The average Bonchev–Trinajstić information content (AvgIpc) is 2.64. The van der Waals surface area contributed by atoms with Gasteiger partial charge in [-0.25, -0.2) is 0 Å². The molecule has 1 N–H and O–H groups in total. The maximum absolute atomic E-state index is 9.98. The predicted octanol–water partition coefficient (Wildman–Crippen LogP) is 0.901. The molecular formula is C6H11NOS. The molecule has 1 amide bonds. The van der Waals surface area contributed by atoms with E-state index < -0.39 is 0 Å². The molecule has 0 bridgehead atoms. The van der Waals surface area contributed by atoms with Crippen molar-refractivity contribution < 1.29 is 4.79 Å². The minimum Gasteiger partial charge on any atom is -0.309 e. The molecule has 0 saturated heterocycles. The van der Waals surface area contributed by atoms with Crippen LogP contribution in [0.5, 0.6) is 0 Å². The van der Waals surface area contributed by atoms with Crippen molar-refractivity contribution >= 4 is 22.4 Å². The third kappa shape index (κ3) is 1.82. The monoisotopic (exact) mass is 145 g/mol. The molecule has 1 saturated carbocycles. The Bertz CT molecular complexity index is 140. The third-order valence-electron chi connectivity index (χ3n) is 1.32. The Morgan fingerprint density at radius 2 is 2.33 bits per heavy atom. The molecule has 0 aromatic carbocycles. The minimum absolute atomic E-state index is 0.0849. The van der Waals surface area contributed by atoms with E-state index in [1.54, 1.807) is 0 Å². The fourth-order valence-corrected chi connectivity index (χ4v) is 2.20. The highest BCUT2D eigenvalue weighted by Crippen LogP contribution is 2.36. The van der Waals surface area contributed by atoms with Gasteiger partial charge in [0, 0.05) is 5.25 Å². The Hall–Kier alpha value is -0.310. The van der Waals surface area contributed by atoms with Gasteiger partial charge in [-0.2, -0.15) is 0 Å². The van der Waals surface area contributed by atoms with Crippen molar-refractivity contribution in [2.24, 2.45) is 0 Å². The molecular weight excluding hydrogens is 134 g/mol. The van der Waals surface area contributed by atoms with Crippen LogP contribution in [0.15, 0.2) is 0 Å². The average molecular weight is 145 g/mol. The fraction of sp³-hybridized carbons (Fsp3) is 0.667. The van der Waals surface area contributed by atoms with Crippen LogP contribution in [0.1, 0.15) is 19.8 Å². The van der Waals surface area contributed by atoms with Crippen molar-refractivity contribution in [2.45, 2.75) is 25.0 Å². The Morgan fingerprint density at radius 1 is 1.67 bits per heavy atom. The van der Waals surface area contributed by atoms with Gasteiger partial charge in [0.05, 0.1) is 0 Å². The zero-order chi connectivity index (χ0) is 6.69. The summed E-state index contributed by atoms with van der Waals surface area (Å²) in [7, 11) is 0.0849. The standard InChI is InChI=1S/C6H11NOS/c1-2-9(7-5-8)6-3-4-6/h2,5-6H,3-4H2,1H3,(H,7,8). The zero-order valence-electron chi connectivity index (χ0n) is 5.46. The summed E-state index contributed by atoms with van der Waals surface area (Å²) in [5, 5.41) is 2.84. The molecule has 1 rings (SSSR count). The number of nitrogens with one attached hydrogen (secondary N) is 1. The van der Waals surface area contributed by atoms with Gasteiger partial charge >= 0.3 is 0 Å². The third-order valence-corrected chi connectivity index (χ3v) is 3.39. The molecule has 1 fully saturated rings. The molecule has 2 nitrogen and oxygen atoms in total. The Balaban J connectivity index is 2.38. The molecule has 0 aliphatic heterocycles. The van der Waals surface area contributed by atoms with Crippen LogP contribution >= 0.6 is 10.7 Å². The first-order valence-electron chi connectivity index (χ1n) is 3.09. The minimum atomic E-state index is 0.0849. The summed E-state index contributed by atoms with van der Waals surface area (Å²) in [6.07, 6.45) is 3.37. The molecule has 0 aromatic rings. The topological polar surface area (TPSA) is 29.1 Å². The van der Waals surface area contributed by atoms with Crippen molar-refractivity contribution in [3.63, 3.8) is 0 Å². The number of hydrogen-bond acceptors (Lipinski definition) is 1. The van der Waals surface area contributed by atoms with Crippen molar-refractivity contribution in [3.05, 3.63) is 0 Å². The smallest absolute Gasteiger partial charge is 0.216 e. The lowest BCUT2D eigenvalue weighted by Gasteiger charge is -2.01. The second kappa shape index (κ2) is 3.01. The summed E-state index contributed by atoms with van der Waals surface area (Å²) in [4.78, 5) is 9.98. The van der Waals surface area contributed by atoms with Crippen molar-refractivity contribution in [1.82, 2.24) is 4.72 Å². The SMILES string of the molecule is C/C=S(/NC=O)C1CC1. The van der Waals surface area contributed by atoms with Crippen molar-refractivity contribution in [1.29, 1.82) is 0 Å². The lowest BCUT2D eigenvalue weighted by molar-refractivity contribution is -0.107. The molecule has 1 aliphatic rings. The van der Waals surface area contributed by atoms with E-state index >= 15 is 0 Å². The molecule has 9 heavy (non-hydrogen) atoms. The molecule has 52 valence electrons. The van der Waals surface area contributed by atoms with Crippen LogP contribution in [0, 0.1) is 0 Å². The van der Waals surface area contributed by atoms with Gasteiger partial charge < -0.3 is 4.72 Å². The van der Waals surface area contributed by atoms with E-state index in [-0.39, 0.29) is 10.7 Å². The second-order valence-corrected chi connectivity index (χ2v) is 4.16. The fourth-order valence-electron chi connectivity index (χ4n) is 0.734. The quantitative estimate of drug-likeness (QED) is 0.464. The molecule has 3 heteroatoms. The van der Waals surface area contributed by atoms with E-state index in [9.17, 15) is 4.79 Å². The van der Waals surface area contributed by atoms with E-state index in [4.69, 9.17) is 0 Å². The van der Waals surface area contributed by atoms with Gasteiger partial charge in [0.2, 0.25) is 6.41 Å². The van der Waals surface area contributed by atoms with E-state index in [0.717, 1.165) is 11.7 Å². The first kappa shape index (κ1) is 6.81. The molecule has 0 spiro atoms. The van der Waals surface area contributed by atoms with Crippen LogP contribution in [-0.2, 0) is 4.79 Å². The van der Waals surface area contributed by atoms with Gasteiger partial charge in [0.25, 0.3) is 0 Å². The molecule has 1 atom stereocenters. The van der Waals surface area contributed by atoms with Crippen LogP contribution in [0.25, 0.3) is 0 Å². The normalized spacial score (nSPS) is 21.4. The number of carbonyl (C=O) groups is 1. The highest BCUT2D eigenvalue weighted by atomic mass is 32.2. The highest BCUT2D eigenvalue weighted by Gasteiger charge is 2.24. The van der Waals surface area contributed by atoms with Crippen LogP contribution in [0.4, 0.5) is 0 Å². The number of amides is 1. The molecule has 1 aliphatic carbocycles. The summed E-state index contributed by atoms with van der Waals surface area (Å²) in [5.41, 5.74) is 0. The summed E-state index contributed by atoms with van der Waals surface area (Å²) in [5.74, 6) is 0. The van der Waals surface area contributed by atoms with Crippen molar-refractivity contribution in [2.75, 3.05) is 0 Å². The Labute approximate surface area is 57.7 Å².